The fraction of sp³-hybridized carbons (Fsp3) is 0.182. The summed E-state index contributed by atoms with van der Waals surface area (Å²) in [6, 6.07) is 13.8. The molecule has 0 fully saturated rings. The zero-order chi connectivity index (χ0) is 34.9. The number of methoxy groups -OCH3 is 1. The lowest BCUT2D eigenvalue weighted by Crippen LogP contribution is -2.43. The van der Waals surface area contributed by atoms with Gasteiger partial charge in [0, 0.05) is 29.2 Å². The number of urea groups is 1. The lowest BCUT2D eigenvalue weighted by atomic mass is 9.99. The maximum Gasteiger partial charge on any atom is 0.472 e. The number of ether oxygens (including phenoxy) is 1. The monoisotopic (exact) mass is 695 g/mol. The fourth-order valence-corrected chi connectivity index (χ4v) is 6.02. The molecule has 2 N–H and O–H groups in total. The number of alkyl halides is 3. The molecule has 3 heterocycles. The number of carbonyl (C=O) groups is 2. The number of carbonyl (C=O) groups excluding carboxylic acids is 2. The van der Waals surface area contributed by atoms with Gasteiger partial charge in [-0.15, -0.1) is 11.3 Å². The van der Waals surface area contributed by atoms with Crippen LogP contribution in [0.1, 0.15) is 16.7 Å². The second-order valence-electron chi connectivity index (χ2n) is 10.7. The Balaban J connectivity index is 1.51. The van der Waals surface area contributed by atoms with Crippen LogP contribution in [0.25, 0.3) is 11.3 Å². The largest absolute Gasteiger partial charge is 0.496 e. The van der Waals surface area contributed by atoms with Gasteiger partial charge in [-0.1, -0.05) is 30.3 Å². The second-order valence-corrected chi connectivity index (χ2v) is 11.6. The van der Waals surface area contributed by atoms with Crippen LogP contribution < -0.4 is 25.2 Å². The number of halogens is 5. The summed E-state index contributed by atoms with van der Waals surface area (Å²) in [7, 11) is 1.54. The first-order valence-corrected chi connectivity index (χ1v) is 15.6. The molecule has 1 aliphatic rings. The van der Waals surface area contributed by atoms with Crippen molar-refractivity contribution >= 4 is 51.5 Å². The molecule has 16 heteroatoms. The van der Waals surface area contributed by atoms with Crippen molar-refractivity contribution in [3.63, 3.8) is 0 Å². The van der Waals surface area contributed by atoms with E-state index >= 15 is 8.78 Å². The Labute approximate surface area is 280 Å². The van der Waals surface area contributed by atoms with Gasteiger partial charge in [-0.3, -0.25) is 4.79 Å². The van der Waals surface area contributed by atoms with E-state index in [0.29, 0.717) is 22.6 Å². The zero-order valence-corrected chi connectivity index (χ0v) is 26.6. The number of nitrogens with one attached hydrogen (secondary N) is 2. The van der Waals surface area contributed by atoms with E-state index in [1.165, 1.54) is 29.8 Å². The maximum absolute atomic E-state index is 15.1. The van der Waals surface area contributed by atoms with Crippen LogP contribution in [-0.4, -0.2) is 46.7 Å². The summed E-state index contributed by atoms with van der Waals surface area (Å²) < 4.78 is 77.1. The molecule has 5 aromatic rings. The van der Waals surface area contributed by atoms with Crippen molar-refractivity contribution in [1.29, 1.82) is 0 Å². The van der Waals surface area contributed by atoms with Gasteiger partial charge in [0.15, 0.2) is 10.9 Å². The van der Waals surface area contributed by atoms with Crippen LogP contribution >= 0.6 is 11.3 Å². The first-order chi connectivity index (χ1) is 23.5. The molecule has 0 spiro atoms. The Kier molecular flexibility index (Phi) is 9.14. The number of aryl methyl sites for hydroxylation is 1. The second kappa shape index (κ2) is 13.5. The van der Waals surface area contributed by atoms with Crippen molar-refractivity contribution in [3.8, 4) is 17.0 Å². The van der Waals surface area contributed by atoms with E-state index in [0.717, 1.165) is 40.0 Å². The van der Waals surface area contributed by atoms with E-state index in [1.807, 2.05) is 18.2 Å². The van der Waals surface area contributed by atoms with Gasteiger partial charge < -0.3 is 15.4 Å². The van der Waals surface area contributed by atoms with E-state index in [-0.39, 0.29) is 52.5 Å². The summed E-state index contributed by atoms with van der Waals surface area (Å²) in [6.45, 7) is 1.76. The van der Waals surface area contributed by atoms with Crippen molar-refractivity contribution in [2.45, 2.75) is 26.1 Å². The van der Waals surface area contributed by atoms with Crippen LogP contribution in [0.2, 0.25) is 0 Å². The molecule has 3 aromatic carbocycles. The van der Waals surface area contributed by atoms with Crippen molar-refractivity contribution in [1.82, 2.24) is 20.3 Å². The van der Waals surface area contributed by atoms with Crippen LogP contribution in [0, 0.1) is 18.6 Å². The van der Waals surface area contributed by atoms with Crippen LogP contribution in [0.3, 0.4) is 0 Å². The van der Waals surface area contributed by atoms with Gasteiger partial charge >= 0.3 is 18.1 Å². The highest BCUT2D eigenvalue weighted by Gasteiger charge is 2.45. The minimum Gasteiger partial charge on any atom is -0.496 e. The molecule has 252 valence electrons. The van der Waals surface area contributed by atoms with E-state index in [4.69, 9.17) is 4.74 Å². The van der Waals surface area contributed by atoms with Gasteiger partial charge in [0.1, 0.15) is 23.1 Å². The quantitative estimate of drug-likeness (QED) is 0.154. The average Bonchev–Trinajstić information content (AvgIpc) is 3.60. The molecule has 0 saturated heterocycles. The highest BCUT2D eigenvalue weighted by Crippen LogP contribution is 2.41. The normalized spacial score (nSPS) is 12.7. The molecule has 0 saturated carbocycles. The number of rotatable bonds is 9. The number of amides is 3. The Hall–Kier alpha value is -5.64. The Morgan fingerprint density at radius 3 is 2.53 bits per heavy atom. The molecule has 6 rings (SSSR count). The van der Waals surface area contributed by atoms with E-state index in [1.54, 1.807) is 20.1 Å². The molecule has 3 amide bonds. The Morgan fingerprint density at radius 1 is 1.08 bits per heavy atom. The van der Waals surface area contributed by atoms with Crippen molar-refractivity contribution in [3.05, 3.63) is 101 Å². The minimum absolute atomic E-state index is 0.0342. The standard InChI is InChI=1S/C33H26F5N7O3S/c1-18-10-11-20(44(29(46)33(36,37)38)32-40-14-15-49-32)16-21(18)26-22-17-41-31(47)45(27-23(34)7-5-8-24(27)35)28(22)43-30(42-26)39-13-12-19-6-3-4-9-25(19)48-2/h3-11,14-16H,12-13,17H2,1-2H3,(H,41,47)(H,39,42,43). The summed E-state index contributed by atoms with van der Waals surface area (Å²) in [6.07, 6.45) is -3.50. The molecule has 0 aliphatic carbocycles. The number of thiazole rings is 1. The molecule has 0 unspecified atom stereocenters. The van der Waals surface area contributed by atoms with Crippen LogP contribution in [0.5, 0.6) is 5.75 Å². The molecule has 1 aliphatic heterocycles. The van der Waals surface area contributed by atoms with Gasteiger partial charge in [0.2, 0.25) is 5.95 Å². The number of hydrogen-bond donors (Lipinski definition) is 2. The highest BCUT2D eigenvalue weighted by molar-refractivity contribution is 7.13. The Bertz CT molecular complexity index is 2020. The molecule has 0 bridgehead atoms. The molecule has 49 heavy (non-hydrogen) atoms. The van der Waals surface area contributed by atoms with Crippen LogP contribution in [0.15, 0.2) is 72.2 Å². The lowest BCUT2D eigenvalue weighted by molar-refractivity contribution is -0.169. The predicted octanol–water partition coefficient (Wildman–Crippen LogP) is 7.44. The maximum atomic E-state index is 15.1. The average molecular weight is 696 g/mol. The SMILES string of the molecule is COc1ccccc1CCNc1nc(-c2cc(N(C(=O)C(F)(F)F)c3nccs3)ccc2C)c2c(n1)N(c1c(F)cccc1F)C(=O)NC2. The van der Waals surface area contributed by atoms with E-state index < -0.39 is 35.4 Å². The number of para-hydroxylation sites is 2. The Morgan fingerprint density at radius 2 is 1.84 bits per heavy atom. The smallest absolute Gasteiger partial charge is 0.472 e. The fourth-order valence-electron chi connectivity index (χ4n) is 5.36. The van der Waals surface area contributed by atoms with E-state index in [2.05, 4.69) is 25.6 Å². The number of fused-ring (bicyclic) bond motifs is 1. The number of hydrogen-bond acceptors (Lipinski definition) is 8. The van der Waals surface area contributed by atoms with Gasteiger partial charge in [-0.05, 0) is 54.8 Å². The molecule has 10 nitrogen and oxygen atoms in total. The van der Waals surface area contributed by atoms with E-state index in [9.17, 15) is 22.8 Å². The highest BCUT2D eigenvalue weighted by atomic mass is 32.1. The van der Waals surface area contributed by atoms with Crippen molar-refractivity contribution < 1.29 is 36.3 Å². The molecule has 0 radical (unpaired) electrons. The first-order valence-electron chi connectivity index (χ1n) is 14.7. The van der Waals surface area contributed by atoms with Gasteiger partial charge in [-0.25, -0.2) is 33.3 Å². The van der Waals surface area contributed by atoms with Crippen molar-refractivity contribution in [2.75, 3.05) is 28.8 Å². The number of nitrogens with zero attached hydrogens (tertiary/aromatic N) is 5. The number of benzene rings is 3. The number of aromatic nitrogens is 3. The minimum atomic E-state index is -5.22. The van der Waals surface area contributed by atoms with Crippen molar-refractivity contribution in [2.24, 2.45) is 0 Å². The molecular formula is C33H26F5N7O3S. The molecule has 0 atom stereocenters. The number of anilines is 5. The summed E-state index contributed by atoms with van der Waals surface area (Å²) in [5, 5.41) is 6.90. The van der Waals surface area contributed by atoms with Gasteiger partial charge in [-0.2, -0.15) is 18.2 Å². The third kappa shape index (κ3) is 6.59. The van der Waals surface area contributed by atoms with Gasteiger partial charge in [0.05, 0.1) is 25.0 Å². The predicted molar refractivity (Wildman–Crippen MR) is 173 cm³/mol. The van der Waals surface area contributed by atoms with Crippen LogP contribution in [0.4, 0.5) is 55.0 Å². The summed E-state index contributed by atoms with van der Waals surface area (Å²) in [5.74, 6) is -3.75. The summed E-state index contributed by atoms with van der Waals surface area (Å²) in [5.41, 5.74) is 1.19. The lowest BCUT2D eigenvalue weighted by Gasteiger charge is -2.31. The summed E-state index contributed by atoms with van der Waals surface area (Å²) >= 11 is 0.836. The third-order valence-electron chi connectivity index (χ3n) is 7.64. The summed E-state index contributed by atoms with van der Waals surface area (Å²) in [4.78, 5) is 40.2. The molecular weight excluding hydrogens is 669 g/mol. The topological polar surface area (TPSA) is 113 Å². The molecule has 2 aromatic heterocycles. The zero-order valence-electron chi connectivity index (χ0n) is 25.8. The third-order valence-corrected chi connectivity index (χ3v) is 8.39. The van der Waals surface area contributed by atoms with Gasteiger partial charge in [0.25, 0.3) is 0 Å². The van der Waals surface area contributed by atoms with Crippen LogP contribution in [-0.2, 0) is 17.8 Å². The first kappa shape index (κ1) is 33.3.